The van der Waals surface area contributed by atoms with E-state index in [1.807, 2.05) is 35.2 Å². The molecule has 4 heteroatoms. The van der Waals surface area contributed by atoms with Gasteiger partial charge in [-0.15, -0.1) is 0 Å². The summed E-state index contributed by atoms with van der Waals surface area (Å²) in [6, 6.07) is 9.98. The standard InChI is InChI=1S/C12H16N2O2/c13-11(15)12(16)6-7-14(9-12)8-10-4-2-1-3-5-10/h1-5,16H,6-9H2,(H2,13,15)/t12-/m0/s1. The van der Waals surface area contributed by atoms with Gasteiger partial charge >= 0.3 is 0 Å². The van der Waals surface area contributed by atoms with Gasteiger partial charge < -0.3 is 10.8 Å². The van der Waals surface area contributed by atoms with E-state index < -0.39 is 11.5 Å². The lowest BCUT2D eigenvalue weighted by Gasteiger charge is -2.19. The molecule has 0 aliphatic carbocycles. The van der Waals surface area contributed by atoms with Crippen molar-refractivity contribution in [1.82, 2.24) is 4.90 Å². The Balaban J connectivity index is 1.98. The fraction of sp³-hybridized carbons (Fsp3) is 0.417. The molecule has 1 heterocycles. The van der Waals surface area contributed by atoms with E-state index in [9.17, 15) is 9.90 Å². The molecule has 1 aliphatic rings. The molecule has 3 N–H and O–H groups in total. The normalized spacial score (nSPS) is 25.8. The number of carbonyl (C=O) groups is 1. The summed E-state index contributed by atoms with van der Waals surface area (Å²) in [5.74, 6) is -0.622. The highest BCUT2D eigenvalue weighted by Gasteiger charge is 2.40. The molecule has 86 valence electrons. The van der Waals surface area contributed by atoms with Gasteiger partial charge in [0.1, 0.15) is 0 Å². The summed E-state index contributed by atoms with van der Waals surface area (Å²) >= 11 is 0. The first kappa shape index (κ1) is 11.1. The molecule has 16 heavy (non-hydrogen) atoms. The highest BCUT2D eigenvalue weighted by atomic mass is 16.3. The van der Waals surface area contributed by atoms with Gasteiger partial charge in [-0.1, -0.05) is 30.3 Å². The van der Waals surface area contributed by atoms with Crippen molar-refractivity contribution in [2.24, 2.45) is 5.73 Å². The molecule has 1 atom stereocenters. The molecule has 0 aromatic heterocycles. The predicted octanol–water partition coefficient (Wildman–Crippen LogP) is 0.109. The van der Waals surface area contributed by atoms with E-state index in [0.717, 1.165) is 6.54 Å². The van der Waals surface area contributed by atoms with Crippen LogP contribution < -0.4 is 5.73 Å². The Bertz CT molecular complexity index is 380. The van der Waals surface area contributed by atoms with Gasteiger partial charge in [-0.25, -0.2) is 0 Å². The SMILES string of the molecule is NC(=O)[C@]1(O)CCN(Cc2ccccc2)C1. The largest absolute Gasteiger partial charge is 0.379 e. The number of hydrogen-bond donors (Lipinski definition) is 2. The monoisotopic (exact) mass is 220 g/mol. The lowest BCUT2D eigenvalue weighted by molar-refractivity contribution is -0.134. The molecule has 1 amide bonds. The summed E-state index contributed by atoms with van der Waals surface area (Å²) in [4.78, 5) is 13.1. The van der Waals surface area contributed by atoms with Gasteiger partial charge in [-0.2, -0.15) is 0 Å². The van der Waals surface area contributed by atoms with Crippen molar-refractivity contribution in [2.45, 2.75) is 18.6 Å². The molecule has 0 saturated carbocycles. The molecule has 4 nitrogen and oxygen atoms in total. The molecule has 1 saturated heterocycles. The zero-order valence-electron chi connectivity index (χ0n) is 9.10. The van der Waals surface area contributed by atoms with Gasteiger partial charge in [-0.3, -0.25) is 9.69 Å². The van der Waals surface area contributed by atoms with Crippen LogP contribution in [0.4, 0.5) is 0 Å². The summed E-state index contributed by atoms with van der Waals surface area (Å²) < 4.78 is 0. The van der Waals surface area contributed by atoms with Gasteiger partial charge in [0.15, 0.2) is 5.60 Å². The van der Waals surface area contributed by atoms with E-state index in [2.05, 4.69) is 0 Å². The average molecular weight is 220 g/mol. The minimum Gasteiger partial charge on any atom is -0.379 e. The van der Waals surface area contributed by atoms with Crippen LogP contribution in [0.5, 0.6) is 0 Å². The quantitative estimate of drug-likeness (QED) is 0.759. The van der Waals surface area contributed by atoms with Crippen LogP contribution in [0.1, 0.15) is 12.0 Å². The van der Waals surface area contributed by atoms with E-state index >= 15 is 0 Å². The molecular weight excluding hydrogens is 204 g/mol. The Morgan fingerprint density at radius 2 is 2.12 bits per heavy atom. The smallest absolute Gasteiger partial charge is 0.250 e. The summed E-state index contributed by atoms with van der Waals surface area (Å²) in [5.41, 5.74) is 5.01. The van der Waals surface area contributed by atoms with Crippen LogP contribution in [0, 0.1) is 0 Å². The summed E-state index contributed by atoms with van der Waals surface area (Å²) in [6.45, 7) is 1.78. The van der Waals surface area contributed by atoms with E-state index in [4.69, 9.17) is 5.73 Å². The Morgan fingerprint density at radius 1 is 1.44 bits per heavy atom. The van der Waals surface area contributed by atoms with Crippen molar-refractivity contribution in [2.75, 3.05) is 13.1 Å². The predicted molar refractivity (Wildman–Crippen MR) is 60.5 cm³/mol. The summed E-state index contributed by atoms with van der Waals surface area (Å²) in [6.07, 6.45) is 0.426. The number of likely N-dealkylation sites (tertiary alicyclic amines) is 1. The molecule has 1 fully saturated rings. The van der Waals surface area contributed by atoms with Gasteiger partial charge in [0.05, 0.1) is 0 Å². The van der Waals surface area contributed by atoms with Crippen LogP contribution in [0.25, 0.3) is 0 Å². The van der Waals surface area contributed by atoms with Gasteiger partial charge in [-0.05, 0) is 12.0 Å². The zero-order chi connectivity index (χ0) is 11.6. The summed E-state index contributed by atoms with van der Waals surface area (Å²) in [5, 5.41) is 9.90. The highest BCUT2D eigenvalue weighted by Crippen LogP contribution is 2.22. The molecule has 0 spiro atoms. The number of aliphatic hydroxyl groups is 1. The molecular formula is C12H16N2O2. The highest BCUT2D eigenvalue weighted by molar-refractivity contribution is 5.83. The minimum atomic E-state index is -1.34. The number of nitrogens with zero attached hydrogens (tertiary/aromatic N) is 1. The second-order valence-electron chi connectivity index (χ2n) is 4.34. The first-order chi connectivity index (χ1) is 7.60. The molecule has 2 rings (SSSR count). The van der Waals surface area contributed by atoms with E-state index in [1.54, 1.807) is 0 Å². The third-order valence-electron chi connectivity index (χ3n) is 3.03. The van der Waals surface area contributed by atoms with Crippen LogP contribution in [-0.4, -0.2) is 34.6 Å². The van der Waals surface area contributed by atoms with Crippen molar-refractivity contribution in [3.05, 3.63) is 35.9 Å². The second-order valence-corrected chi connectivity index (χ2v) is 4.34. The lowest BCUT2D eigenvalue weighted by Crippen LogP contribution is -2.45. The fourth-order valence-corrected chi connectivity index (χ4v) is 2.05. The van der Waals surface area contributed by atoms with E-state index in [0.29, 0.717) is 19.5 Å². The zero-order valence-corrected chi connectivity index (χ0v) is 9.10. The molecule has 1 aliphatic heterocycles. The maximum atomic E-state index is 11.1. The Labute approximate surface area is 94.7 Å². The summed E-state index contributed by atoms with van der Waals surface area (Å²) in [7, 11) is 0. The van der Waals surface area contributed by atoms with Crippen molar-refractivity contribution in [1.29, 1.82) is 0 Å². The van der Waals surface area contributed by atoms with Crippen LogP contribution in [-0.2, 0) is 11.3 Å². The average Bonchev–Trinajstić information content (AvgIpc) is 2.63. The maximum absolute atomic E-state index is 11.1. The first-order valence-corrected chi connectivity index (χ1v) is 5.39. The van der Waals surface area contributed by atoms with E-state index in [-0.39, 0.29) is 0 Å². The third-order valence-corrected chi connectivity index (χ3v) is 3.03. The first-order valence-electron chi connectivity index (χ1n) is 5.39. The van der Waals surface area contributed by atoms with Gasteiger partial charge in [0, 0.05) is 19.6 Å². The Morgan fingerprint density at radius 3 is 2.69 bits per heavy atom. The number of benzene rings is 1. The number of β-amino-alcohol motifs (C(OH)–C–C–N with tert-alkyl or cyclic N) is 1. The Hall–Kier alpha value is -1.39. The molecule has 0 unspecified atom stereocenters. The number of primary amides is 1. The maximum Gasteiger partial charge on any atom is 0.250 e. The molecule has 0 bridgehead atoms. The van der Waals surface area contributed by atoms with Crippen LogP contribution >= 0.6 is 0 Å². The van der Waals surface area contributed by atoms with Gasteiger partial charge in [0.2, 0.25) is 0 Å². The number of nitrogens with two attached hydrogens (primary N) is 1. The van der Waals surface area contributed by atoms with E-state index in [1.165, 1.54) is 5.56 Å². The van der Waals surface area contributed by atoms with Crippen molar-refractivity contribution in [3.63, 3.8) is 0 Å². The van der Waals surface area contributed by atoms with Crippen molar-refractivity contribution >= 4 is 5.91 Å². The number of hydrogen-bond acceptors (Lipinski definition) is 3. The topological polar surface area (TPSA) is 66.6 Å². The number of rotatable bonds is 3. The third kappa shape index (κ3) is 2.23. The van der Waals surface area contributed by atoms with Crippen molar-refractivity contribution in [3.8, 4) is 0 Å². The minimum absolute atomic E-state index is 0.331. The number of carbonyl (C=O) groups excluding carboxylic acids is 1. The fourth-order valence-electron chi connectivity index (χ4n) is 2.05. The van der Waals surface area contributed by atoms with Gasteiger partial charge in [0.25, 0.3) is 5.91 Å². The molecule has 1 aromatic rings. The van der Waals surface area contributed by atoms with Crippen LogP contribution in [0.3, 0.4) is 0 Å². The van der Waals surface area contributed by atoms with Crippen LogP contribution in [0.15, 0.2) is 30.3 Å². The molecule has 0 radical (unpaired) electrons. The van der Waals surface area contributed by atoms with Crippen LogP contribution in [0.2, 0.25) is 0 Å². The number of amides is 1. The molecule has 1 aromatic carbocycles. The van der Waals surface area contributed by atoms with Crippen molar-refractivity contribution < 1.29 is 9.90 Å². The Kier molecular flexibility index (Phi) is 2.94. The second kappa shape index (κ2) is 4.23. The lowest BCUT2D eigenvalue weighted by atomic mass is 10.0.